The molecule has 0 atom stereocenters. The lowest BCUT2D eigenvalue weighted by atomic mass is 10.2. The molecular formula is C13H20BrNO4S. The predicted molar refractivity (Wildman–Crippen MR) is 83.3 cm³/mol. The van der Waals surface area contributed by atoms with Crippen molar-refractivity contribution in [3.63, 3.8) is 0 Å². The number of hydrogen-bond acceptors (Lipinski definition) is 5. The summed E-state index contributed by atoms with van der Waals surface area (Å²) in [4.78, 5) is 0. The second kappa shape index (κ2) is 7.85. The highest BCUT2D eigenvalue weighted by Crippen LogP contribution is 2.36. The Bertz CT molecular complexity index is 546. The zero-order valence-corrected chi connectivity index (χ0v) is 14.3. The van der Waals surface area contributed by atoms with Gasteiger partial charge in [0.1, 0.15) is 9.84 Å². The number of hydrogen-bond donors (Lipinski definition) is 1. The Kier molecular flexibility index (Phi) is 6.78. The van der Waals surface area contributed by atoms with Gasteiger partial charge in [-0.3, -0.25) is 0 Å². The lowest BCUT2D eigenvalue weighted by molar-refractivity contribution is 0.352. The fourth-order valence-electron chi connectivity index (χ4n) is 1.77. The molecule has 1 N–H and O–H groups in total. The molecule has 0 bridgehead atoms. The van der Waals surface area contributed by atoms with E-state index in [0.717, 1.165) is 10.0 Å². The van der Waals surface area contributed by atoms with Gasteiger partial charge in [0, 0.05) is 12.8 Å². The van der Waals surface area contributed by atoms with E-state index in [2.05, 4.69) is 21.2 Å². The maximum absolute atomic E-state index is 11.0. The minimum Gasteiger partial charge on any atom is -0.493 e. The van der Waals surface area contributed by atoms with E-state index in [1.165, 1.54) is 6.26 Å². The fraction of sp³-hybridized carbons (Fsp3) is 0.538. The van der Waals surface area contributed by atoms with Crippen LogP contribution in [0.25, 0.3) is 0 Å². The Balaban J connectivity index is 2.54. The smallest absolute Gasteiger partial charge is 0.174 e. The molecule has 0 aliphatic carbocycles. The summed E-state index contributed by atoms with van der Waals surface area (Å²) in [6.45, 7) is 1.29. The Labute approximate surface area is 128 Å². The van der Waals surface area contributed by atoms with Crippen LogP contribution in [0, 0.1) is 0 Å². The van der Waals surface area contributed by atoms with Gasteiger partial charge >= 0.3 is 0 Å². The van der Waals surface area contributed by atoms with Crippen LogP contribution in [-0.4, -0.2) is 41.2 Å². The van der Waals surface area contributed by atoms with E-state index in [4.69, 9.17) is 9.47 Å². The van der Waals surface area contributed by atoms with Crippen molar-refractivity contribution >= 4 is 25.8 Å². The highest BCUT2D eigenvalue weighted by atomic mass is 79.9. The van der Waals surface area contributed by atoms with E-state index in [-0.39, 0.29) is 5.75 Å². The van der Waals surface area contributed by atoms with Crippen molar-refractivity contribution in [3.05, 3.63) is 22.2 Å². The number of benzene rings is 1. The minimum absolute atomic E-state index is 0.204. The molecule has 0 fully saturated rings. The van der Waals surface area contributed by atoms with Gasteiger partial charge in [-0.05, 0) is 46.6 Å². The van der Waals surface area contributed by atoms with Crippen LogP contribution in [0.4, 0.5) is 0 Å². The highest BCUT2D eigenvalue weighted by Gasteiger charge is 2.10. The van der Waals surface area contributed by atoms with Crippen molar-refractivity contribution in [2.75, 3.05) is 32.8 Å². The molecule has 0 saturated carbocycles. The molecular weight excluding hydrogens is 346 g/mol. The topological polar surface area (TPSA) is 64.6 Å². The van der Waals surface area contributed by atoms with E-state index >= 15 is 0 Å². The molecule has 114 valence electrons. The van der Waals surface area contributed by atoms with Crippen molar-refractivity contribution < 1.29 is 17.9 Å². The zero-order chi connectivity index (χ0) is 15.2. The van der Waals surface area contributed by atoms with E-state index in [0.29, 0.717) is 31.0 Å². The summed E-state index contributed by atoms with van der Waals surface area (Å²) in [5.74, 6) is 1.53. The normalized spacial score (nSPS) is 11.4. The Morgan fingerprint density at radius 3 is 2.50 bits per heavy atom. The maximum Gasteiger partial charge on any atom is 0.174 e. The first-order valence-electron chi connectivity index (χ1n) is 6.16. The molecule has 1 rings (SSSR count). The zero-order valence-electron chi connectivity index (χ0n) is 11.9. The van der Waals surface area contributed by atoms with Crippen molar-refractivity contribution in [2.24, 2.45) is 0 Å². The number of halogens is 1. The molecule has 0 saturated heterocycles. The summed E-state index contributed by atoms with van der Waals surface area (Å²) in [5.41, 5.74) is 1.04. The number of sulfone groups is 1. The third-order valence-electron chi connectivity index (χ3n) is 2.69. The van der Waals surface area contributed by atoms with Gasteiger partial charge in [-0.2, -0.15) is 0 Å². The first-order chi connectivity index (χ1) is 9.37. The van der Waals surface area contributed by atoms with Crippen LogP contribution in [0.3, 0.4) is 0 Å². The van der Waals surface area contributed by atoms with Crippen LogP contribution in [0.5, 0.6) is 11.5 Å². The van der Waals surface area contributed by atoms with Crippen LogP contribution < -0.4 is 14.8 Å². The van der Waals surface area contributed by atoms with E-state index in [1.54, 1.807) is 14.2 Å². The molecule has 0 amide bonds. The molecule has 0 aromatic heterocycles. The van der Waals surface area contributed by atoms with Gasteiger partial charge in [-0.25, -0.2) is 8.42 Å². The second-order valence-corrected chi connectivity index (χ2v) is 7.59. The highest BCUT2D eigenvalue weighted by molar-refractivity contribution is 9.10. The van der Waals surface area contributed by atoms with Gasteiger partial charge in [-0.1, -0.05) is 0 Å². The molecule has 0 heterocycles. The van der Waals surface area contributed by atoms with Crippen LogP contribution in [0.15, 0.2) is 16.6 Å². The number of rotatable bonds is 8. The molecule has 20 heavy (non-hydrogen) atoms. The number of methoxy groups -OCH3 is 2. The Hall–Kier alpha value is -0.790. The molecule has 1 aromatic rings. The molecule has 5 nitrogen and oxygen atoms in total. The SMILES string of the molecule is COc1cc(CNCCCS(C)(=O)=O)cc(Br)c1OC. The monoisotopic (exact) mass is 365 g/mol. The van der Waals surface area contributed by atoms with E-state index < -0.39 is 9.84 Å². The van der Waals surface area contributed by atoms with E-state index in [9.17, 15) is 8.42 Å². The molecule has 1 aromatic carbocycles. The first-order valence-corrected chi connectivity index (χ1v) is 9.01. The molecule has 0 unspecified atom stereocenters. The first kappa shape index (κ1) is 17.3. The van der Waals surface area contributed by atoms with Gasteiger partial charge in [0.05, 0.1) is 24.4 Å². The van der Waals surface area contributed by atoms with Crippen molar-refractivity contribution in [1.29, 1.82) is 0 Å². The fourth-order valence-corrected chi connectivity index (χ4v) is 3.09. The lowest BCUT2D eigenvalue weighted by Gasteiger charge is -2.12. The third-order valence-corrected chi connectivity index (χ3v) is 4.31. The quantitative estimate of drug-likeness (QED) is 0.713. The van der Waals surface area contributed by atoms with Gasteiger partial charge in [0.15, 0.2) is 11.5 Å². The maximum atomic E-state index is 11.0. The summed E-state index contributed by atoms with van der Waals surface area (Å²) >= 11 is 3.44. The van der Waals surface area contributed by atoms with Crippen molar-refractivity contribution in [1.82, 2.24) is 5.32 Å². The van der Waals surface area contributed by atoms with Crippen LogP contribution in [0.1, 0.15) is 12.0 Å². The summed E-state index contributed by atoms with van der Waals surface area (Å²) in [5, 5.41) is 3.21. The number of nitrogens with one attached hydrogen (secondary N) is 1. The molecule has 0 radical (unpaired) electrons. The largest absolute Gasteiger partial charge is 0.493 e. The molecule has 0 spiro atoms. The Morgan fingerprint density at radius 1 is 1.25 bits per heavy atom. The van der Waals surface area contributed by atoms with Gasteiger partial charge in [0.2, 0.25) is 0 Å². The van der Waals surface area contributed by atoms with Crippen LogP contribution in [-0.2, 0) is 16.4 Å². The van der Waals surface area contributed by atoms with Gasteiger partial charge < -0.3 is 14.8 Å². The summed E-state index contributed by atoms with van der Waals surface area (Å²) in [6.07, 6.45) is 1.85. The van der Waals surface area contributed by atoms with Crippen molar-refractivity contribution in [2.45, 2.75) is 13.0 Å². The summed E-state index contributed by atoms with van der Waals surface area (Å²) in [7, 11) is 0.300. The van der Waals surface area contributed by atoms with Crippen LogP contribution in [0.2, 0.25) is 0 Å². The van der Waals surface area contributed by atoms with Crippen LogP contribution >= 0.6 is 15.9 Å². The number of ether oxygens (including phenoxy) is 2. The summed E-state index contributed by atoms with van der Waals surface area (Å²) < 4.78 is 33.3. The molecule has 0 aliphatic rings. The molecule has 7 heteroatoms. The van der Waals surface area contributed by atoms with Gasteiger partial charge in [-0.15, -0.1) is 0 Å². The summed E-state index contributed by atoms with van der Waals surface area (Å²) in [6, 6.07) is 3.85. The standard InChI is InChI=1S/C13H20BrNO4S/c1-18-12-8-10(7-11(14)13(12)19-2)9-15-5-4-6-20(3,16)17/h7-8,15H,4-6,9H2,1-3H3. The molecule has 0 aliphatic heterocycles. The lowest BCUT2D eigenvalue weighted by Crippen LogP contribution is -2.18. The third kappa shape index (κ3) is 5.68. The average Bonchev–Trinajstić information content (AvgIpc) is 2.36. The van der Waals surface area contributed by atoms with Crippen molar-refractivity contribution in [3.8, 4) is 11.5 Å². The predicted octanol–water partition coefficient (Wildman–Crippen LogP) is 1.99. The van der Waals surface area contributed by atoms with E-state index in [1.807, 2.05) is 12.1 Å². The Morgan fingerprint density at radius 2 is 1.95 bits per heavy atom. The van der Waals surface area contributed by atoms with Gasteiger partial charge in [0.25, 0.3) is 0 Å². The minimum atomic E-state index is -2.88. The second-order valence-electron chi connectivity index (χ2n) is 4.47. The average molecular weight is 366 g/mol.